The number of methoxy groups -OCH3 is 1. The third kappa shape index (κ3) is 4.72. The quantitative estimate of drug-likeness (QED) is 0.176. The number of benzene rings is 9. The summed E-state index contributed by atoms with van der Waals surface area (Å²) in [4.78, 5) is 0. The molecule has 50 heavy (non-hydrogen) atoms. The monoisotopic (exact) mass is 637 g/mol. The molecule has 0 aromatic heterocycles. The third-order valence-electron chi connectivity index (χ3n) is 10.0. The number of ether oxygens (including phenoxy) is 1. The van der Waals surface area contributed by atoms with Gasteiger partial charge in [0.1, 0.15) is 5.75 Å². The molecule has 9 rings (SSSR count). The molecule has 0 unspecified atom stereocenters. The van der Waals surface area contributed by atoms with Crippen molar-refractivity contribution in [1.29, 1.82) is 5.26 Å². The molecule has 0 aliphatic carbocycles. The number of fused-ring (bicyclic) bond motifs is 4. The molecule has 0 spiro atoms. The van der Waals surface area contributed by atoms with E-state index in [2.05, 4.69) is 152 Å². The molecule has 2 heteroatoms. The van der Waals surface area contributed by atoms with Crippen LogP contribution in [0.3, 0.4) is 0 Å². The lowest BCUT2D eigenvalue weighted by Crippen LogP contribution is -1.92. The number of nitriles is 1. The van der Waals surface area contributed by atoms with E-state index in [0.717, 1.165) is 11.3 Å². The maximum absolute atomic E-state index is 9.42. The van der Waals surface area contributed by atoms with E-state index in [1.54, 1.807) is 7.11 Å². The van der Waals surface area contributed by atoms with E-state index >= 15 is 0 Å². The van der Waals surface area contributed by atoms with Gasteiger partial charge in [0.15, 0.2) is 0 Å². The van der Waals surface area contributed by atoms with Gasteiger partial charge in [-0.2, -0.15) is 5.26 Å². The van der Waals surface area contributed by atoms with E-state index in [1.807, 2.05) is 24.3 Å². The Kier molecular flexibility index (Phi) is 7.12. The smallest absolute Gasteiger partial charge is 0.118 e. The summed E-state index contributed by atoms with van der Waals surface area (Å²) in [5.41, 5.74) is 10.2. The number of nitrogens with zero attached hydrogens (tertiary/aromatic N) is 1. The Morgan fingerprint density at radius 1 is 0.340 bits per heavy atom. The molecule has 0 N–H and O–H groups in total. The van der Waals surface area contributed by atoms with Gasteiger partial charge in [0.05, 0.1) is 18.7 Å². The molecule has 234 valence electrons. The average molecular weight is 638 g/mol. The average Bonchev–Trinajstić information content (AvgIpc) is 3.19. The van der Waals surface area contributed by atoms with Crippen LogP contribution in [-0.4, -0.2) is 7.11 Å². The van der Waals surface area contributed by atoms with Crippen molar-refractivity contribution in [1.82, 2.24) is 0 Å². The summed E-state index contributed by atoms with van der Waals surface area (Å²) >= 11 is 0. The van der Waals surface area contributed by atoms with E-state index in [0.29, 0.717) is 5.56 Å². The summed E-state index contributed by atoms with van der Waals surface area (Å²) in [5, 5.41) is 19.1. The molecule has 2 nitrogen and oxygen atoms in total. The van der Waals surface area contributed by atoms with Crippen LogP contribution in [0.1, 0.15) is 5.56 Å². The van der Waals surface area contributed by atoms with E-state index in [-0.39, 0.29) is 0 Å². The second-order valence-corrected chi connectivity index (χ2v) is 12.7. The van der Waals surface area contributed by atoms with Gasteiger partial charge in [-0.25, -0.2) is 0 Å². The minimum absolute atomic E-state index is 0.662. The zero-order chi connectivity index (χ0) is 33.6. The zero-order valence-electron chi connectivity index (χ0n) is 27.5. The molecule has 0 fully saturated rings. The zero-order valence-corrected chi connectivity index (χ0v) is 27.5. The van der Waals surface area contributed by atoms with E-state index < -0.39 is 0 Å². The molecule has 0 atom stereocenters. The second-order valence-electron chi connectivity index (χ2n) is 12.7. The van der Waals surface area contributed by atoms with Gasteiger partial charge >= 0.3 is 0 Å². The van der Waals surface area contributed by atoms with E-state index in [9.17, 15) is 5.26 Å². The Hall–Kier alpha value is -6.69. The lowest BCUT2D eigenvalue weighted by molar-refractivity contribution is 0.415. The topological polar surface area (TPSA) is 33.0 Å². The summed E-state index contributed by atoms with van der Waals surface area (Å²) in [5.74, 6) is 0.850. The number of hydrogen-bond donors (Lipinski definition) is 0. The van der Waals surface area contributed by atoms with Crippen LogP contribution in [-0.2, 0) is 0 Å². The highest BCUT2D eigenvalue weighted by Gasteiger charge is 2.19. The number of rotatable bonds is 5. The molecular weight excluding hydrogens is 607 g/mol. The standard InChI is InChI=1S/C48H31NO/c1-50-36-28-26-35(27-29-36)48-43-16-8-6-14-41(43)47(42-15-7-9-17-44(42)48)34-24-22-33(23-25-34)46-39-12-4-2-10-37(39)45(38-11-3-5-13-40(38)46)32-20-18-31(30-49)19-21-32/h2-29H,1H3. The van der Waals surface area contributed by atoms with Crippen LogP contribution >= 0.6 is 0 Å². The van der Waals surface area contributed by atoms with Crippen LogP contribution < -0.4 is 4.74 Å². The third-order valence-corrected chi connectivity index (χ3v) is 10.0. The van der Waals surface area contributed by atoms with Crippen molar-refractivity contribution < 1.29 is 4.74 Å². The normalized spacial score (nSPS) is 11.3. The molecule has 9 aromatic rings. The predicted octanol–water partition coefficient (Wildman–Crippen LogP) is 12.8. The van der Waals surface area contributed by atoms with E-state index in [1.165, 1.54) is 82.0 Å². The van der Waals surface area contributed by atoms with Gasteiger partial charge in [0, 0.05) is 0 Å². The minimum atomic E-state index is 0.662. The van der Waals surface area contributed by atoms with Crippen molar-refractivity contribution in [2.24, 2.45) is 0 Å². The van der Waals surface area contributed by atoms with Gasteiger partial charge in [0.25, 0.3) is 0 Å². The fourth-order valence-electron chi connectivity index (χ4n) is 7.77. The SMILES string of the molecule is COc1ccc(-c2c3ccccc3c(-c3ccc(-c4c5ccccc5c(-c5ccc(C#N)cc5)c5ccccc45)cc3)c3ccccc23)cc1. The van der Waals surface area contributed by atoms with Gasteiger partial charge in [0.2, 0.25) is 0 Å². The Morgan fingerprint density at radius 2 is 0.580 bits per heavy atom. The first-order chi connectivity index (χ1) is 24.7. The summed E-state index contributed by atoms with van der Waals surface area (Å²) in [6.07, 6.45) is 0. The largest absolute Gasteiger partial charge is 0.497 e. The van der Waals surface area contributed by atoms with Crippen LogP contribution in [0, 0.1) is 11.3 Å². The molecule has 0 aliphatic rings. The van der Waals surface area contributed by atoms with Crippen molar-refractivity contribution in [3.63, 3.8) is 0 Å². The molecule has 0 heterocycles. The molecular formula is C48H31NO. The van der Waals surface area contributed by atoms with Crippen LogP contribution in [0.25, 0.3) is 87.6 Å². The Labute approximate surface area is 291 Å². The highest BCUT2D eigenvalue weighted by atomic mass is 16.5. The summed E-state index contributed by atoms with van der Waals surface area (Å²) in [7, 11) is 1.71. The summed E-state index contributed by atoms with van der Waals surface area (Å²) < 4.78 is 5.47. The van der Waals surface area contributed by atoms with Crippen LogP contribution in [0.4, 0.5) is 0 Å². The maximum atomic E-state index is 9.42. The van der Waals surface area contributed by atoms with E-state index in [4.69, 9.17) is 4.74 Å². The molecule has 9 aromatic carbocycles. The van der Waals surface area contributed by atoms with Crippen LogP contribution in [0.15, 0.2) is 170 Å². The van der Waals surface area contributed by atoms with Gasteiger partial charge in [-0.1, -0.05) is 146 Å². The molecule has 0 amide bonds. The van der Waals surface area contributed by atoms with Crippen molar-refractivity contribution in [2.45, 2.75) is 0 Å². The first-order valence-corrected chi connectivity index (χ1v) is 16.9. The lowest BCUT2D eigenvalue weighted by atomic mass is 9.84. The molecule has 0 aliphatic heterocycles. The molecule has 0 radical (unpaired) electrons. The Balaban J connectivity index is 1.25. The number of hydrogen-bond acceptors (Lipinski definition) is 2. The summed E-state index contributed by atoms with van der Waals surface area (Å²) in [6, 6.07) is 62.6. The van der Waals surface area contributed by atoms with Crippen molar-refractivity contribution in [3.05, 3.63) is 175 Å². The van der Waals surface area contributed by atoms with Crippen molar-refractivity contribution in [3.8, 4) is 56.3 Å². The Bertz CT molecular complexity index is 2660. The maximum Gasteiger partial charge on any atom is 0.118 e. The van der Waals surface area contributed by atoms with Gasteiger partial charge in [-0.05, 0) is 112 Å². The van der Waals surface area contributed by atoms with Crippen LogP contribution in [0.5, 0.6) is 5.75 Å². The van der Waals surface area contributed by atoms with Gasteiger partial charge < -0.3 is 4.74 Å². The predicted molar refractivity (Wildman–Crippen MR) is 209 cm³/mol. The molecule has 0 bridgehead atoms. The first-order valence-electron chi connectivity index (χ1n) is 16.9. The highest BCUT2D eigenvalue weighted by molar-refractivity contribution is 6.23. The fourth-order valence-corrected chi connectivity index (χ4v) is 7.77. The summed E-state index contributed by atoms with van der Waals surface area (Å²) in [6.45, 7) is 0. The Morgan fingerprint density at radius 3 is 0.820 bits per heavy atom. The first kappa shape index (κ1) is 29.4. The van der Waals surface area contributed by atoms with Gasteiger partial charge in [-0.3, -0.25) is 0 Å². The fraction of sp³-hybridized carbons (Fsp3) is 0.0208. The van der Waals surface area contributed by atoms with Crippen LogP contribution in [0.2, 0.25) is 0 Å². The molecule has 0 saturated heterocycles. The van der Waals surface area contributed by atoms with Crippen molar-refractivity contribution >= 4 is 43.1 Å². The second kappa shape index (κ2) is 12.1. The highest BCUT2D eigenvalue weighted by Crippen LogP contribution is 2.46. The van der Waals surface area contributed by atoms with Gasteiger partial charge in [-0.15, -0.1) is 0 Å². The minimum Gasteiger partial charge on any atom is -0.497 e. The van der Waals surface area contributed by atoms with Crippen molar-refractivity contribution in [2.75, 3.05) is 7.11 Å². The lowest BCUT2D eigenvalue weighted by Gasteiger charge is -2.19. The molecule has 0 saturated carbocycles.